The fourth-order valence-electron chi connectivity index (χ4n) is 3.05. The fourth-order valence-corrected chi connectivity index (χ4v) is 3.05. The smallest absolute Gasteiger partial charge is 0.101 e. The van der Waals surface area contributed by atoms with Crippen molar-refractivity contribution in [3.05, 3.63) is 65.4 Å². The first-order valence-corrected chi connectivity index (χ1v) is 7.19. The zero-order chi connectivity index (χ0) is 14.1. The largest absolute Gasteiger partial charge is 0.383 e. The van der Waals surface area contributed by atoms with Crippen molar-refractivity contribution in [2.75, 3.05) is 0 Å². The summed E-state index contributed by atoms with van der Waals surface area (Å²) in [6.07, 6.45) is 8.38. The molecule has 1 nitrogen and oxygen atoms in total. The predicted octanol–water partition coefficient (Wildman–Crippen LogP) is 4.03. The van der Waals surface area contributed by atoms with E-state index in [1.807, 2.05) is 12.1 Å². The molecule has 1 aromatic carbocycles. The molecule has 0 spiro atoms. The predicted molar refractivity (Wildman–Crippen MR) is 82.0 cm³/mol. The first-order valence-electron chi connectivity index (χ1n) is 7.19. The van der Waals surface area contributed by atoms with Crippen LogP contribution in [-0.4, -0.2) is 12.2 Å². The number of alkyl halides is 1. The second kappa shape index (κ2) is 5.28. The Kier molecular flexibility index (Phi) is 3.47. The highest BCUT2D eigenvalue weighted by Crippen LogP contribution is 2.36. The highest BCUT2D eigenvalue weighted by Gasteiger charge is 2.30. The van der Waals surface area contributed by atoms with Crippen molar-refractivity contribution in [2.24, 2.45) is 5.92 Å². The van der Waals surface area contributed by atoms with Gasteiger partial charge in [-0.3, -0.25) is 0 Å². The average molecular weight is 269 g/mol. The van der Waals surface area contributed by atoms with Crippen LogP contribution in [0.2, 0.25) is 0 Å². The highest BCUT2D eigenvalue weighted by atomic mass is 19.1. The molecule has 0 saturated heterocycles. The zero-order valence-corrected chi connectivity index (χ0v) is 11.9. The van der Waals surface area contributed by atoms with Crippen LogP contribution in [0.3, 0.4) is 0 Å². The Morgan fingerprint density at radius 3 is 2.70 bits per heavy atom. The Morgan fingerprint density at radius 2 is 2.00 bits per heavy atom. The van der Waals surface area contributed by atoms with Gasteiger partial charge in [0, 0.05) is 18.5 Å². The summed E-state index contributed by atoms with van der Waals surface area (Å²) in [5.74, 6) is 0.408. The van der Waals surface area contributed by atoms with Gasteiger partial charge in [0.05, 0.1) is 6.04 Å². The van der Waals surface area contributed by atoms with Gasteiger partial charge in [0.1, 0.15) is 6.17 Å². The van der Waals surface area contributed by atoms with Crippen LogP contribution in [0.1, 0.15) is 25.0 Å². The zero-order valence-electron chi connectivity index (χ0n) is 11.9. The van der Waals surface area contributed by atoms with Crippen LogP contribution in [0.4, 0.5) is 4.39 Å². The van der Waals surface area contributed by atoms with Crippen LogP contribution < -0.4 is 5.32 Å². The van der Waals surface area contributed by atoms with E-state index < -0.39 is 6.17 Å². The van der Waals surface area contributed by atoms with Crippen molar-refractivity contribution in [3.8, 4) is 0 Å². The SMILES string of the molecule is CC1=CC=CC2C(c3ccc(CC(C)F)cc3)=CNC12. The third-order valence-corrected chi connectivity index (χ3v) is 4.11. The van der Waals surface area contributed by atoms with E-state index in [1.165, 1.54) is 16.7 Å². The van der Waals surface area contributed by atoms with Crippen LogP contribution in [0.25, 0.3) is 5.57 Å². The van der Waals surface area contributed by atoms with E-state index in [0.29, 0.717) is 18.4 Å². The standard InChI is InChI=1S/C18H20FN/c1-12-4-3-5-16-17(11-20-18(12)16)15-8-6-14(7-9-15)10-13(2)19/h3-9,11,13,16,18,20H,10H2,1-2H3. The van der Waals surface area contributed by atoms with Gasteiger partial charge in [-0.2, -0.15) is 0 Å². The number of benzene rings is 1. The molecule has 104 valence electrons. The summed E-state index contributed by atoms with van der Waals surface area (Å²) >= 11 is 0. The number of halogens is 1. The Bertz CT molecular complexity index is 578. The van der Waals surface area contributed by atoms with Gasteiger partial charge >= 0.3 is 0 Å². The third-order valence-electron chi connectivity index (χ3n) is 4.11. The first kappa shape index (κ1) is 13.2. The average Bonchev–Trinajstić information content (AvgIpc) is 2.84. The van der Waals surface area contributed by atoms with Gasteiger partial charge in [-0.1, -0.05) is 48.1 Å². The summed E-state index contributed by atoms with van der Waals surface area (Å²) < 4.78 is 13.0. The van der Waals surface area contributed by atoms with Gasteiger partial charge in [0.2, 0.25) is 0 Å². The molecule has 1 heterocycles. The lowest BCUT2D eigenvalue weighted by Gasteiger charge is -2.23. The Hall–Kier alpha value is -1.83. The van der Waals surface area contributed by atoms with Gasteiger partial charge < -0.3 is 5.32 Å². The molecule has 2 heteroatoms. The molecule has 0 amide bonds. The molecule has 1 aliphatic carbocycles. The molecule has 0 radical (unpaired) electrons. The monoisotopic (exact) mass is 269 g/mol. The van der Waals surface area contributed by atoms with Gasteiger partial charge in [0.25, 0.3) is 0 Å². The molecule has 1 aliphatic heterocycles. The molecule has 0 aromatic heterocycles. The minimum absolute atomic E-state index is 0.389. The lowest BCUT2D eigenvalue weighted by molar-refractivity contribution is 0.360. The number of hydrogen-bond donors (Lipinski definition) is 1. The van der Waals surface area contributed by atoms with Gasteiger partial charge in [0.15, 0.2) is 0 Å². The van der Waals surface area contributed by atoms with E-state index in [4.69, 9.17) is 0 Å². The molecule has 3 rings (SSSR count). The maximum Gasteiger partial charge on any atom is 0.101 e. The molecule has 0 bridgehead atoms. The third kappa shape index (κ3) is 2.43. The molecule has 2 aliphatic rings. The topological polar surface area (TPSA) is 12.0 Å². The van der Waals surface area contributed by atoms with Gasteiger partial charge in [-0.05, 0) is 30.5 Å². The van der Waals surface area contributed by atoms with E-state index in [-0.39, 0.29) is 0 Å². The minimum Gasteiger partial charge on any atom is -0.383 e. The van der Waals surface area contributed by atoms with Crippen molar-refractivity contribution < 1.29 is 4.39 Å². The lowest BCUT2D eigenvalue weighted by atomic mass is 9.84. The van der Waals surface area contributed by atoms with E-state index in [2.05, 4.69) is 48.8 Å². The summed E-state index contributed by atoms with van der Waals surface area (Å²) in [6.45, 7) is 3.76. The maximum absolute atomic E-state index is 13.0. The molecular weight excluding hydrogens is 249 g/mol. The van der Waals surface area contributed by atoms with Crippen molar-refractivity contribution >= 4 is 5.57 Å². The Balaban J connectivity index is 1.80. The Labute approximate surface area is 119 Å². The van der Waals surface area contributed by atoms with Crippen LogP contribution in [-0.2, 0) is 6.42 Å². The number of fused-ring (bicyclic) bond motifs is 1. The van der Waals surface area contributed by atoms with E-state index in [9.17, 15) is 4.39 Å². The van der Waals surface area contributed by atoms with Crippen molar-refractivity contribution in [1.29, 1.82) is 0 Å². The van der Waals surface area contributed by atoms with Crippen LogP contribution in [0.5, 0.6) is 0 Å². The first-order chi connectivity index (χ1) is 9.65. The van der Waals surface area contributed by atoms with Crippen LogP contribution in [0, 0.1) is 5.92 Å². The van der Waals surface area contributed by atoms with Gasteiger partial charge in [-0.25, -0.2) is 4.39 Å². The molecule has 3 atom stereocenters. The molecule has 3 unspecified atom stereocenters. The summed E-state index contributed by atoms with van der Waals surface area (Å²) in [4.78, 5) is 0. The minimum atomic E-state index is -0.786. The second-order valence-electron chi connectivity index (χ2n) is 5.75. The molecule has 1 aromatic rings. The number of hydrogen-bond acceptors (Lipinski definition) is 1. The highest BCUT2D eigenvalue weighted by molar-refractivity contribution is 5.73. The van der Waals surface area contributed by atoms with E-state index in [1.54, 1.807) is 6.92 Å². The Morgan fingerprint density at radius 1 is 1.25 bits per heavy atom. The number of nitrogens with one attached hydrogen (secondary N) is 1. The second-order valence-corrected chi connectivity index (χ2v) is 5.75. The normalized spacial score (nSPS) is 25.6. The molecular formula is C18H20FN. The van der Waals surface area contributed by atoms with Crippen LogP contribution in [0.15, 0.2) is 54.3 Å². The number of allylic oxidation sites excluding steroid dienone is 2. The summed E-state index contributed by atoms with van der Waals surface area (Å²) in [5, 5.41) is 3.46. The summed E-state index contributed by atoms with van der Waals surface area (Å²) in [5.41, 5.74) is 4.96. The molecule has 0 saturated carbocycles. The van der Waals surface area contributed by atoms with E-state index >= 15 is 0 Å². The van der Waals surface area contributed by atoms with Crippen molar-refractivity contribution in [2.45, 2.75) is 32.5 Å². The van der Waals surface area contributed by atoms with Crippen molar-refractivity contribution in [3.63, 3.8) is 0 Å². The lowest BCUT2D eigenvalue weighted by Crippen LogP contribution is -2.28. The van der Waals surface area contributed by atoms with Gasteiger partial charge in [-0.15, -0.1) is 0 Å². The van der Waals surface area contributed by atoms with E-state index in [0.717, 1.165) is 5.56 Å². The number of rotatable bonds is 3. The quantitative estimate of drug-likeness (QED) is 0.873. The maximum atomic E-state index is 13.0. The molecule has 0 fully saturated rings. The summed E-state index contributed by atoms with van der Waals surface area (Å²) in [7, 11) is 0. The fraction of sp³-hybridized carbons (Fsp3) is 0.333. The molecule has 20 heavy (non-hydrogen) atoms. The van der Waals surface area contributed by atoms with Crippen molar-refractivity contribution in [1.82, 2.24) is 5.32 Å². The summed E-state index contributed by atoms with van der Waals surface area (Å²) in [6, 6.07) is 8.67. The van der Waals surface area contributed by atoms with Crippen LogP contribution >= 0.6 is 0 Å². The molecule has 1 N–H and O–H groups in total.